The molecule has 0 fully saturated rings. The Labute approximate surface area is 90.3 Å². The highest BCUT2D eigenvalue weighted by atomic mass is 35.5. The lowest BCUT2D eigenvalue weighted by molar-refractivity contribution is 0.101. The average Bonchev–Trinajstić information content (AvgIpc) is 2.74. The molecule has 0 amide bonds. The molecule has 0 aliphatic rings. The molecule has 0 saturated carbocycles. The van der Waals surface area contributed by atoms with Crippen molar-refractivity contribution in [3.05, 3.63) is 58.8 Å². The fourth-order valence-electron chi connectivity index (χ4n) is 1.22. The Morgan fingerprint density at radius 1 is 1.27 bits per heavy atom. The molecular formula is C11H6ClFO2. The fourth-order valence-corrected chi connectivity index (χ4v) is 1.43. The molecule has 0 bridgehead atoms. The molecule has 76 valence electrons. The second-order valence-corrected chi connectivity index (χ2v) is 3.29. The first-order valence-corrected chi connectivity index (χ1v) is 4.60. The van der Waals surface area contributed by atoms with Crippen LogP contribution in [0.1, 0.15) is 16.1 Å². The summed E-state index contributed by atoms with van der Waals surface area (Å²) in [5, 5.41) is -0.182. The monoisotopic (exact) mass is 224 g/mol. The Kier molecular flexibility index (Phi) is 2.56. The molecule has 0 unspecified atom stereocenters. The number of hydrogen-bond donors (Lipinski definition) is 0. The maximum atomic E-state index is 13.1. The van der Waals surface area contributed by atoms with Crippen molar-refractivity contribution in [2.45, 2.75) is 0 Å². The topological polar surface area (TPSA) is 30.2 Å². The minimum atomic E-state index is -0.617. The predicted octanol–water partition coefficient (Wildman–Crippen LogP) is 3.30. The summed E-state index contributed by atoms with van der Waals surface area (Å²) in [5.41, 5.74) is 0.103. The molecular weight excluding hydrogens is 219 g/mol. The summed E-state index contributed by atoms with van der Waals surface area (Å²) in [7, 11) is 0. The standard InChI is InChI=1S/C11H6ClFO2/c12-10-7(3-1-4-8(10)13)11(14)9-5-2-6-15-9/h1-6H. The minimum Gasteiger partial charge on any atom is -0.461 e. The van der Waals surface area contributed by atoms with Gasteiger partial charge in [0.25, 0.3) is 0 Å². The highest BCUT2D eigenvalue weighted by Gasteiger charge is 2.17. The Balaban J connectivity index is 2.47. The van der Waals surface area contributed by atoms with Crippen molar-refractivity contribution >= 4 is 17.4 Å². The lowest BCUT2D eigenvalue weighted by Crippen LogP contribution is -2.01. The van der Waals surface area contributed by atoms with E-state index in [2.05, 4.69) is 0 Å². The van der Waals surface area contributed by atoms with Crippen LogP contribution in [0.3, 0.4) is 0 Å². The summed E-state index contributed by atoms with van der Waals surface area (Å²) >= 11 is 5.67. The van der Waals surface area contributed by atoms with Gasteiger partial charge < -0.3 is 4.42 Å². The van der Waals surface area contributed by atoms with Gasteiger partial charge in [-0.3, -0.25) is 4.79 Å². The number of rotatable bonds is 2. The van der Waals surface area contributed by atoms with Gasteiger partial charge in [-0.15, -0.1) is 0 Å². The third-order valence-corrected chi connectivity index (χ3v) is 2.33. The number of hydrogen-bond acceptors (Lipinski definition) is 2. The van der Waals surface area contributed by atoms with Gasteiger partial charge in [0.2, 0.25) is 5.78 Å². The van der Waals surface area contributed by atoms with Crippen molar-refractivity contribution in [3.8, 4) is 0 Å². The third kappa shape index (κ3) is 1.78. The first-order chi connectivity index (χ1) is 7.20. The number of ketones is 1. The summed E-state index contributed by atoms with van der Waals surface area (Å²) in [6.07, 6.45) is 1.38. The van der Waals surface area contributed by atoms with E-state index in [9.17, 15) is 9.18 Å². The van der Waals surface area contributed by atoms with E-state index in [1.54, 1.807) is 6.07 Å². The van der Waals surface area contributed by atoms with Crippen LogP contribution < -0.4 is 0 Å². The van der Waals surface area contributed by atoms with E-state index in [0.717, 1.165) is 0 Å². The van der Waals surface area contributed by atoms with Gasteiger partial charge >= 0.3 is 0 Å². The molecule has 0 N–H and O–H groups in total. The molecule has 1 aromatic heterocycles. The van der Waals surface area contributed by atoms with Crippen molar-refractivity contribution in [2.24, 2.45) is 0 Å². The van der Waals surface area contributed by atoms with E-state index in [1.807, 2.05) is 0 Å². The zero-order chi connectivity index (χ0) is 10.8. The molecule has 4 heteroatoms. The Morgan fingerprint density at radius 2 is 2.07 bits per heavy atom. The maximum absolute atomic E-state index is 13.1. The third-order valence-electron chi connectivity index (χ3n) is 1.94. The van der Waals surface area contributed by atoms with Crippen LogP contribution in [0.4, 0.5) is 4.39 Å². The molecule has 2 nitrogen and oxygen atoms in total. The van der Waals surface area contributed by atoms with E-state index in [1.165, 1.54) is 30.5 Å². The summed E-state index contributed by atoms with van der Waals surface area (Å²) in [6, 6.07) is 7.17. The molecule has 0 atom stereocenters. The van der Waals surface area contributed by atoms with Gasteiger partial charge in [-0.25, -0.2) is 4.39 Å². The molecule has 0 aliphatic heterocycles. The molecule has 0 saturated heterocycles. The van der Waals surface area contributed by atoms with Gasteiger partial charge in [0.15, 0.2) is 5.76 Å². The van der Waals surface area contributed by atoms with Crippen LogP contribution in [0.25, 0.3) is 0 Å². The molecule has 1 heterocycles. The Hall–Kier alpha value is -1.61. The maximum Gasteiger partial charge on any atom is 0.229 e. The lowest BCUT2D eigenvalue weighted by atomic mass is 10.1. The lowest BCUT2D eigenvalue weighted by Gasteiger charge is -2.01. The second kappa shape index (κ2) is 3.87. The number of carbonyl (C=O) groups is 1. The minimum absolute atomic E-state index is 0.103. The Bertz CT molecular complexity index is 491. The molecule has 0 aliphatic carbocycles. The normalized spacial score (nSPS) is 10.3. The van der Waals surface area contributed by atoms with E-state index in [4.69, 9.17) is 16.0 Å². The summed E-state index contributed by atoms with van der Waals surface area (Å²) in [5.74, 6) is -0.902. The highest BCUT2D eigenvalue weighted by molar-refractivity contribution is 6.34. The van der Waals surface area contributed by atoms with E-state index in [0.29, 0.717) is 0 Å². The van der Waals surface area contributed by atoms with Gasteiger partial charge in [0.1, 0.15) is 5.82 Å². The van der Waals surface area contributed by atoms with E-state index < -0.39 is 11.6 Å². The van der Waals surface area contributed by atoms with Crippen LogP contribution in [0.5, 0.6) is 0 Å². The van der Waals surface area contributed by atoms with Gasteiger partial charge in [-0.1, -0.05) is 17.7 Å². The zero-order valence-electron chi connectivity index (χ0n) is 7.54. The van der Waals surface area contributed by atoms with Crippen LogP contribution in [0.2, 0.25) is 5.02 Å². The molecule has 15 heavy (non-hydrogen) atoms. The summed E-state index contributed by atoms with van der Waals surface area (Å²) in [6.45, 7) is 0. The van der Waals surface area contributed by atoms with Crippen LogP contribution in [-0.2, 0) is 0 Å². The first-order valence-electron chi connectivity index (χ1n) is 4.22. The number of benzene rings is 1. The van der Waals surface area contributed by atoms with Gasteiger partial charge in [-0.05, 0) is 24.3 Å². The van der Waals surface area contributed by atoms with Crippen LogP contribution in [-0.4, -0.2) is 5.78 Å². The van der Waals surface area contributed by atoms with E-state index >= 15 is 0 Å². The Morgan fingerprint density at radius 3 is 2.73 bits per heavy atom. The quantitative estimate of drug-likeness (QED) is 0.733. The molecule has 0 radical (unpaired) electrons. The SMILES string of the molecule is O=C(c1ccco1)c1cccc(F)c1Cl. The number of carbonyl (C=O) groups excluding carboxylic acids is 1. The van der Waals surface area contributed by atoms with Crippen molar-refractivity contribution in [1.82, 2.24) is 0 Å². The summed E-state index contributed by atoms with van der Waals surface area (Å²) in [4.78, 5) is 11.7. The van der Waals surface area contributed by atoms with Gasteiger partial charge in [0, 0.05) is 5.56 Å². The molecule has 0 spiro atoms. The van der Waals surface area contributed by atoms with Crippen molar-refractivity contribution < 1.29 is 13.6 Å². The van der Waals surface area contributed by atoms with Crippen molar-refractivity contribution in [3.63, 3.8) is 0 Å². The smallest absolute Gasteiger partial charge is 0.229 e. The molecule has 1 aromatic carbocycles. The number of furan rings is 1. The number of halogens is 2. The largest absolute Gasteiger partial charge is 0.461 e. The summed E-state index contributed by atoms with van der Waals surface area (Å²) < 4.78 is 18.0. The van der Waals surface area contributed by atoms with Crippen molar-refractivity contribution in [1.29, 1.82) is 0 Å². The van der Waals surface area contributed by atoms with E-state index in [-0.39, 0.29) is 16.3 Å². The zero-order valence-corrected chi connectivity index (χ0v) is 8.29. The molecule has 2 rings (SSSR count). The van der Waals surface area contributed by atoms with Gasteiger partial charge in [-0.2, -0.15) is 0 Å². The van der Waals surface area contributed by atoms with Crippen LogP contribution in [0, 0.1) is 5.82 Å². The molecule has 2 aromatic rings. The van der Waals surface area contributed by atoms with Crippen LogP contribution in [0.15, 0.2) is 41.0 Å². The average molecular weight is 225 g/mol. The predicted molar refractivity (Wildman–Crippen MR) is 53.6 cm³/mol. The van der Waals surface area contributed by atoms with Crippen molar-refractivity contribution in [2.75, 3.05) is 0 Å². The first kappa shape index (κ1) is 9.93. The van der Waals surface area contributed by atoms with Gasteiger partial charge in [0.05, 0.1) is 11.3 Å². The highest BCUT2D eigenvalue weighted by Crippen LogP contribution is 2.22. The fraction of sp³-hybridized carbons (Fsp3) is 0. The second-order valence-electron chi connectivity index (χ2n) is 2.91. The van der Waals surface area contributed by atoms with Crippen LogP contribution >= 0.6 is 11.6 Å².